The van der Waals surface area contributed by atoms with Gasteiger partial charge in [0.1, 0.15) is 6.54 Å². The van der Waals surface area contributed by atoms with E-state index < -0.39 is 5.91 Å². The molecular weight excluding hydrogens is 562 g/mol. The average molecular weight is 594 g/mol. The highest BCUT2D eigenvalue weighted by Gasteiger charge is 2.24. The fourth-order valence-corrected chi connectivity index (χ4v) is 4.76. The van der Waals surface area contributed by atoms with Gasteiger partial charge in [-0.2, -0.15) is 0 Å². The van der Waals surface area contributed by atoms with Gasteiger partial charge < -0.3 is 23.5 Å². The maximum Gasteiger partial charge on any atom is 0.290 e. The Morgan fingerprint density at radius 3 is 2.50 bits per heavy atom. The fourth-order valence-electron chi connectivity index (χ4n) is 4.63. The van der Waals surface area contributed by atoms with Gasteiger partial charge in [-0.1, -0.05) is 23.7 Å². The fraction of sp³-hybridized carbons (Fsp3) is 0.300. The van der Waals surface area contributed by atoms with E-state index in [0.717, 1.165) is 18.7 Å². The standard InChI is InChI=1S/C30H32ClN5O6/c1-39-25-10-9-23(18-27(25)40-2)36-19-24(21-5-7-22(31)8-6-21)32-30(36)33-28(37)20-35(29(38)26-4-3-15-42-26)12-11-34-13-16-41-17-14-34/h3-10,15,18-19H,11-14,16-17,20H2,1-2H3,(H,32,33,37). The Labute approximate surface area is 248 Å². The summed E-state index contributed by atoms with van der Waals surface area (Å²) in [6.07, 6.45) is 3.25. The Balaban J connectivity index is 1.41. The second-order valence-electron chi connectivity index (χ2n) is 9.57. The van der Waals surface area contributed by atoms with Crippen LogP contribution >= 0.6 is 11.6 Å². The summed E-state index contributed by atoms with van der Waals surface area (Å²) >= 11 is 6.09. The number of halogens is 1. The molecule has 3 heterocycles. The topological polar surface area (TPSA) is 111 Å². The lowest BCUT2D eigenvalue weighted by Gasteiger charge is -2.29. The molecule has 1 fully saturated rings. The molecule has 0 saturated carbocycles. The van der Waals surface area contributed by atoms with Crippen LogP contribution in [0.4, 0.5) is 5.95 Å². The molecule has 1 aliphatic rings. The smallest absolute Gasteiger partial charge is 0.290 e. The van der Waals surface area contributed by atoms with Gasteiger partial charge in [-0.3, -0.25) is 24.4 Å². The molecule has 4 aromatic rings. The third-order valence-electron chi connectivity index (χ3n) is 6.89. The van der Waals surface area contributed by atoms with E-state index in [1.54, 1.807) is 55.2 Å². The third kappa shape index (κ3) is 6.93. The predicted molar refractivity (Wildman–Crippen MR) is 158 cm³/mol. The number of rotatable bonds is 11. The Hall–Kier alpha value is -4.32. The van der Waals surface area contributed by atoms with Gasteiger partial charge in [0.15, 0.2) is 17.3 Å². The van der Waals surface area contributed by atoms with Crippen LogP contribution in [-0.4, -0.2) is 91.3 Å². The number of benzene rings is 2. The number of ether oxygens (including phenoxy) is 3. The van der Waals surface area contributed by atoms with Crippen LogP contribution in [0.2, 0.25) is 5.02 Å². The van der Waals surface area contributed by atoms with Crippen molar-refractivity contribution in [2.24, 2.45) is 0 Å². The number of nitrogens with zero attached hydrogens (tertiary/aromatic N) is 4. The predicted octanol–water partition coefficient (Wildman–Crippen LogP) is 4.22. The Morgan fingerprint density at radius 2 is 1.81 bits per heavy atom. The SMILES string of the molecule is COc1ccc(-n2cc(-c3ccc(Cl)cc3)nc2NC(=O)CN(CCN2CCOCC2)C(=O)c2ccco2)cc1OC. The van der Waals surface area contributed by atoms with Gasteiger partial charge >= 0.3 is 0 Å². The summed E-state index contributed by atoms with van der Waals surface area (Å²) in [5.74, 6) is 0.752. The molecule has 0 radical (unpaired) electrons. The number of morpholine rings is 1. The molecule has 1 aliphatic heterocycles. The van der Waals surface area contributed by atoms with Gasteiger partial charge in [-0.15, -0.1) is 0 Å². The van der Waals surface area contributed by atoms with Gasteiger partial charge in [0.25, 0.3) is 5.91 Å². The van der Waals surface area contributed by atoms with Gasteiger partial charge in [-0.05, 0) is 36.4 Å². The van der Waals surface area contributed by atoms with Gasteiger partial charge in [0, 0.05) is 49.0 Å². The first-order chi connectivity index (χ1) is 20.4. The first-order valence-corrected chi connectivity index (χ1v) is 13.8. The molecule has 0 aliphatic carbocycles. The number of anilines is 1. The summed E-state index contributed by atoms with van der Waals surface area (Å²) in [6, 6.07) is 15.9. The summed E-state index contributed by atoms with van der Waals surface area (Å²) in [4.78, 5) is 35.1. The Bertz CT molecular complexity index is 1500. The molecule has 2 aromatic carbocycles. The van der Waals surface area contributed by atoms with Crippen LogP contribution < -0.4 is 14.8 Å². The van der Waals surface area contributed by atoms with E-state index in [1.165, 1.54) is 11.2 Å². The van der Waals surface area contributed by atoms with Crippen molar-refractivity contribution in [2.45, 2.75) is 0 Å². The number of nitrogens with one attached hydrogen (secondary N) is 1. The van der Waals surface area contributed by atoms with Crippen LogP contribution in [0, 0.1) is 0 Å². The first-order valence-electron chi connectivity index (χ1n) is 13.5. The zero-order valence-corrected chi connectivity index (χ0v) is 24.2. The van der Waals surface area contributed by atoms with Crippen molar-refractivity contribution in [2.75, 3.05) is 65.5 Å². The van der Waals surface area contributed by atoms with Gasteiger partial charge in [0.2, 0.25) is 11.9 Å². The van der Waals surface area contributed by atoms with E-state index in [1.807, 2.05) is 24.4 Å². The minimum atomic E-state index is -0.410. The molecule has 5 rings (SSSR count). The minimum Gasteiger partial charge on any atom is -0.493 e. The summed E-state index contributed by atoms with van der Waals surface area (Å²) in [5, 5.41) is 3.50. The number of carbonyl (C=O) groups excluding carboxylic acids is 2. The van der Waals surface area contributed by atoms with Crippen molar-refractivity contribution in [3.8, 4) is 28.4 Å². The zero-order valence-electron chi connectivity index (χ0n) is 23.4. The van der Waals surface area contributed by atoms with E-state index >= 15 is 0 Å². The van der Waals surface area contributed by atoms with Crippen LogP contribution in [0.5, 0.6) is 11.5 Å². The normalized spacial score (nSPS) is 13.5. The zero-order chi connectivity index (χ0) is 29.5. The molecular formula is C30H32ClN5O6. The molecule has 0 spiro atoms. The molecule has 2 aromatic heterocycles. The van der Waals surface area contributed by atoms with E-state index in [9.17, 15) is 9.59 Å². The largest absolute Gasteiger partial charge is 0.493 e. The van der Waals surface area contributed by atoms with E-state index in [0.29, 0.717) is 54.2 Å². The second kappa shape index (κ2) is 13.6. The number of imidazole rings is 1. The molecule has 11 nitrogen and oxygen atoms in total. The lowest BCUT2D eigenvalue weighted by atomic mass is 10.2. The third-order valence-corrected chi connectivity index (χ3v) is 7.14. The highest BCUT2D eigenvalue weighted by atomic mass is 35.5. The molecule has 0 unspecified atom stereocenters. The van der Waals surface area contributed by atoms with Gasteiger partial charge in [-0.25, -0.2) is 4.98 Å². The molecule has 1 saturated heterocycles. The first kappa shape index (κ1) is 29.2. The summed E-state index contributed by atoms with van der Waals surface area (Å²) in [6.45, 7) is 3.56. The van der Waals surface area contributed by atoms with E-state index in [4.69, 9.17) is 35.2 Å². The Morgan fingerprint density at radius 1 is 1.05 bits per heavy atom. The van der Waals surface area contributed by atoms with Crippen molar-refractivity contribution in [1.82, 2.24) is 19.4 Å². The van der Waals surface area contributed by atoms with Crippen LogP contribution in [0.15, 0.2) is 71.5 Å². The lowest BCUT2D eigenvalue weighted by molar-refractivity contribution is -0.117. The molecule has 0 bridgehead atoms. The van der Waals surface area contributed by atoms with E-state index in [2.05, 4.69) is 10.2 Å². The molecule has 2 amide bonds. The van der Waals surface area contributed by atoms with Crippen molar-refractivity contribution >= 4 is 29.4 Å². The van der Waals surface area contributed by atoms with Crippen LogP contribution in [0.3, 0.4) is 0 Å². The average Bonchev–Trinajstić information content (AvgIpc) is 3.70. The number of hydrogen-bond acceptors (Lipinski definition) is 8. The minimum absolute atomic E-state index is 0.168. The number of aromatic nitrogens is 2. The number of methoxy groups -OCH3 is 2. The lowest BCUT2D eigenvalue weighted by Crippen LogP contribution is -2.45. The maximum absolute atomic E-state index is 13.5. The summed E-state index contributed by atoms with van der Waals surface area (Å²) < 4.78 is 23.4. The highest BCUT2D eigenvalue weighted by molar-refractivity contribution is 6.30. The maximum atomic E-state index is 13.5. The number of hydrogen-bond donors (Lipinski definition) is 1. The Kier molecular flexibility index (Phi) is 9.42. The summed E-state index contributed by atoms with van der Waals surface area (Å²) in [7, 11) is 3.12. The second-order valence-corrected chi connectivity index (χ2v) is 10.0. The molecule has 220 valence electrons. The molecule has 0 atom stereocenters. The molecule has 1 N–H and O–H groups in total. The van der Waals surface area contributed by atoms with Gasteiger partial charge in [0.05, 0.1) is 45.1 Å². The van der Waals surface area contributed by atoms with Crippen LogP contribution in [-0.2, 0) is 9.53 Å². The van der Waals surface area contributed by atoms with Crippen molar-refractivity contribution in [1.29, 1.82) is 0 Å². The number of carbonyl (C=O) groups is 2. The number of furan rings is 1. The summed E-state index contributed by atoms with van der Waals surface area (Å²) in [5.41, 5.74) is 2.12. The van der Waals surface area contributed by atoms with Crippen molar-refractivity contribution in [3.05, 3.63) is 77.8 Å². The van der Waals surface area contributed by atoms with Crippen molar-refractivity contribution in [3.63, 3.8) is 0 Å². The molecule has 42 heavy (non-hydrogen) atoms. The van der Waals surface area contributed by atoms with E-state index in [-0.39, 0.29) is 24.2 Å². The van der Waals surface area contributed by atoms with Crippen LogP contribution in [0.1, 0.15) is 10.6 Å². The van der Waals surface area contributed by atoms with Crippen LogP contribution in [0.25, 0.3) is 16.9 Å². The monoisotopic (exact) mass is 593 g/mol. The number of amides is 2. The molecule has 12 heteroatoms. The highest BCUT2D eigenvalue weighted by Crippen LogP contribution is 2.32. The quantitative estimate of drug-likeness (QED) is 0.275. The van der Waals surface area contributed by atoms with Crippen molar-refractivity contribution < 1.29 is 28.2 Å².